The fourth-order valence-corrected chi connectivity index (χ4v) is 3.49. The molecule has 1 aromatic carbocycles. The Morgan fingerprint density at radius 2 is 2.24 bits per heavy atom. The molecular weight excluding hydrogens is 286 g/mol. The molecule has 2 aromatic rings. The molecule has 0 saturated heterocycles. The van der Waals surface area contributed by atoms with E-state index in [1.54, 1.807) is 13.0 Å². The molecule has 1 aromatic heterocycles. The monoisotopic (exact) mass is 305 g/mol. The van der Waals surface area contributed by atoms with E-state index >= 15 is 0 Å². The topological polar surface area (TPSA) is 77.2 Å². The summed E-state index contributed by atoms with van der Waals surface area (Å²) >= 11 is 1.42. The maximum absolute atomic E-state index is 12.1. The molecule has 6 heteroatoms. The van der Waals surface area contributed by atoms with Gasteiger partial charge in [-0.25, -0.2) is 4.98 Å². The van der Waals surface area contributed by atoms with E-state index < -0.39 is 6.10 Å². The highest BCUT2D eigenvalue weighted by molar-refractivity contribution is 7.22. The minimum atomic E-state index is -0.454. The SMILES string of the molecule is CC(OC1CCCC1)C(=O)Nc1nc2ccc(N)cc2s1. The van der Waals surface area contributed by atoms with Gasteiger partial charge in [0.25, 0.3) is 5.91 Å². The van der Waals surface area contributed by atoms with Crippen molar-refractivity contribution >= 4 is 38.3 Å². The van der Waals surface area contributed by atoms with Crippen LogP contribution in [0.15, 0.2) is 18.2 Å². The number of benzene rings is 1. The number of anilines is 2. The highest BCUT2D eigenvalue weighted by Gasteiger charge is 2.22. The number of ether oxygens (including phenoxy) is 1. The van der Waals surface area contributed by atoms with Crippen LogP contribution in [0.5, 0.6) is 0 Å². The molecule has 0 radical (unpaired) electrons. The van der Waals surface area contributed by atoms with Crippen LogP contribution in [0.25, 0.3) is 10.2 Å². The van der Waals surface area contributed by atoms with Crippen LogP contribution in [0.2, 0.25) is 0 Å². The number of hydrogen-bond donors (Lipinski definition) is 2. The number of fused-ring (bicyclic) bond motifs is 1. The van der Waals surface area contributed by atoms with Gasteiger partial charge in [-0.3, -0.25) is 10.1 Å². The van der Waals surface area contributed by atoms with Crippen molar-refractivity contribution < 1.29 is 9.53 Å². The average molecular weight is 305 g/mol. The average Bonchev–Trinajstić information content (AvgIpc) is 3.07. The number of carbonyl (C=O) groups excluding carboxylic acids is 1. The van der Waals surface area contributed by atoms with E-state index in [4.69, 9.17) is 10.5 Å². The minimum Gasteiger partial charge on any atom is -0.399 e. The molecule has 1 saturated carbocycles. The van der Waals surface area contributed by atoms with E-state index in [1.807, 2.05) is 12.1 Å². The van der Waals surface area contributed by atoms with E-state index in [2.05, 4.69) is 10.3 Å². The fourth-order valence-electron chi connectivity index (χ4n) is 2.58. The Bertz CT molecular complexity index is 649. The zero-order valence-corrected chi connectivity index (χ0v) is 12.8. The smallest absolute Gasteiger partial charge is 0.255 e. The molecule has 112 valence electrons. The van der Waals surface area contributed by atoms with Gasteiger partial charge in [-0.1, -0.05) is 24.2 Å². The van der Waals surface area contributed by atoms with Gasteiger partial charge in [0.05, 0.1) is 16.3 Å². The third kappa shape index (κ3) is 3.33. The predicted octanol–water partition coefficient (Wildman–Crippen LogP) is 3.16. The van der Waals surface area contributed by atoms with Crippen LogP contribution in [-0.2, 0) is 9.53 Å². The lowest BCUT2D eigenvalue weighted by Gasteiger charge is -2.17. The van der Waals surface area contributed by atoms with Gasteiger partial charge in [0.2, 0.25) is 0 Å². The maximum Gasteiger partial charge on any atom is 0.255 e. The van der Waals surface area contributed by atoms with Crippen molar-refractivity contribution in [1.82, 2.24) is 4.98 Å². The molecule has 1 amide bonds. The number of hydrogen-bond acceptors (Lipinski definition) is 5. The maximum atomic E-state index is 12.1. The summed E-state index contributed by atoms with van der Waals surface area (Å²) in [5.41, 5.74) is 7.28. The van der Waals surface area contributed by atoms with Crippen molar-refractivity contribution in [3.05, 3.63) is 18.2 Å². The lowest BCUT2D eigenvalue weighted by molar-refractivity contribution is -0.129. The second kappa shape index (κ2) is 5.99. The van der Waals surface area contributed by atoms with Gasteiger partial charge >= 0.3 is 0 Å². The third-order valence-corrected chi connectivity index (χ3v) is 4.64. The molecule has 1 heterocycles. The molecule has 21 heavy (non-hydrogen) atoms. The zero-order chi connectivity index (χ0) is 14.8. The van der Waals surface area contributed by atoms with Crippen molar-refractivity contribution in [2.45, 2.75) is 44.8 Å². The molecule has 1 aliphatic rings. The van der Waals surface area contributed by atoms with Gasteiger partial charge in [0, 0.05) is 5.69 Å². The first kappa shape index (κ1) is 14.3. The molecule has 3 N–H and O–H groups in total. The number of nitrogens with two attached hydrogens (primary N) is 1. The summed E-state index contributed by atoms with van der Waals surface area (Å²) in [6.07, 6.45) is 4.26. The fraction of sp³-hybridized carbons (Fsp3) is 0.467. The van der Waals surface area contributed by atoms with Crippen LogP contribution >= 0.6 is 11.3 Å². The Morgan fingerprint density at radius 3 is 3.00 bits per heavy atom. The second-order valence-corrected chi connectivity index (χ2v) is 6.45. The molecule has 0 aliphatic heterocycles. The second-order valence-electron chi connectivity index (χ2n) is 5.42. The Hall–Kier alpha value is -1.66. The van der Waals surface area contributed by atoms with Crippen LogP contribution < -0.4 is 11.1 Å². The van der Waals surface area contributed by atoms with Crippen molar-refractivity contribution in [2.75, 3.05) is 11.1 Å². The van der Waals surface area contributed by atoms with Crippen molar-refractivity contribution in [3.63, 3.8) is 0 Å². The molecule has 1 unspecified atom stereocenters. The molecule has 0 bridgehead atoms. The van der Waals surface area contributed by atoms with Crippen LogP contribution in [-0.4, -0.2) is 23.1 Å². The van der Waals surface area contributed by atoms with Gasteiger partial charge in [-0.2, -0.15) is 0 Å². The number of nitrogens with zero attached hydrogens (tertiary/aromatic N) is 1. The number of nitrogens with one attached hydrogen (secondary N) is 1. The Balaban J connectivity index is 1.64. The Morgan fingerprint density at radius 1 is 1.48 bits per heavy atom. The van der Waals surface area contributed by atoms with Crippen molar-refractivity contribution in [1.29, 1.82) is 0 Å². The normalized spacial score (nSPS) is 17.2. The molecule has 3 rings (SSSR count). The first-order valence-corrected chi connectivity index (χ1v) is 8.06. The third-order valence-electron chi connectivity index (χ3n) is 3.71. The standard InChI is InChI=1S/C15H19N3O2S/c1-9(20-11-4-2-3-5-11)14(19)18-15-17-12-7-6-10(16)8-13(12)21-15/h6-9,11H,2-5,16H2,1H3,(H,17,18,19). The molecule has 0 spiro atoms. The summed E-state index contributed by atoms with van der Waals surface area (Å²) < 4.78 is 6.75. The van der Waals surface area contributed by atoms with E-state index in [1.165, 1.54) is 24.2 Å². The first-order chi connectivity index (χ1) is 10.1. The highest BCUT2D eigenvalue weighted by Crippen LogP contribution is 2.28. The minimum absolute atomic E-state index is 0.145. The van der Waals surface area contributed by atoms with E-state index in [0.29, 0.717) is 10.8 Å². The number of carbonyl (C=O) groups is 1. The molecule has 1 aliphatic carbocycles. The summed E-state index contributed by atoms with van der Waals surface area (Å²) in [6, 6.07) is 5.52. The number of nitrogen functional groups attached to an aromatic ring is 1. The van der Waals surface area contributed by atoms with E-state index in [0.717, 1.165) is 23.1 Å². The van der Waals surface area contributed by atoms with Gasteiger partial charge in [0.1, 0.15) is 6.10 Å². The molecular formula is C15H19N3O2S. The summed E-state index contributed by atoms with van der Waals surface area (Å²) in [5, 5.41) is 3.41. The summed E-state index contributed by atoms with van der Waals surface area (Å²) in [5.74, 6) is -0.145. The first-order valence-electron chi connectivity index (χ1n) is 7.24. The lowest BCUT2D eigenvalue weighted by atomic mass is 10.3. The number of amides is 1. The Kier molecular flexibility index (Phi) is 4.07. The largest absolute Gasteiger partial charge is 0.399 e. The molecule has 5 nitrogen and oxygen atoms in total. The highest BCUT2D eigenvalue weighted by atomic mass is 32.1. The van der Waals surface area contributed by atoms with E-state index in [9.17, 15) is 4.79 Å². The van der Waals surface area contributed by atoms with Gasteiger partial charge in [0.15, 0.2) is 5.13 Å². The molecule has 1 fully saturated rings. The van der Waals surface area contributed by atoms with Crippen molar-refractivity contribution in [2.24, 2.45) is 0 Å². The zero-order valence-electron chi connectivity index (χ0n) is 12.0. The Labute approximate surface area is 127 Å². The predicted molar refractivity (Wildman–Crippen MR) is 85.5 cm³/mol. The van der Waals surface area contributed by atoms with Gasteiger partial charge < -0.3 is 10.5 Å². The summed E-state index contributed by atoms with van der Waals surface area (Å²) in [4.78, 5) is 16.5. The number of rotatable bonds is 4. The number of thiazole rings is 1. The van der Waals surface area contributed by atoms with Crippen LogP contribution in [0.4, 0.5) is 10.8 Å². The van der Waals surface area contributed by atoms with Gasteiger partial charge in [-0.05, 0) is 38.0 Å². The molecule has 1 atom stereocenters. The van der Waals surface area contributed by atoms with Crippen LogP contribution in [0.3, 0.4) is 0 Å². The van der Waals surface area contributed by atoms with Crippen molar-refractivity contribution in [3.8, 4) is 0 Å². The summed E-state index contributed by atoms with van der Waals surface area (Å²) in [6.45, 7) is 1.79. The van der Waals surface area contributed by atoms with Crippen LogP contribution in [0, 0.1) is 0 Å². The summed E-state index contributed by atoms with van der Waals surface area (Å²) in [7, 11) is 0. The van der Waals surface area contributed by atoms with Gasteiger partial charge in [-0.15, -0.1) is 0 Å². The number of aromatic nitrogens is 1. The van der Waals surface area contributed by atoms with E-state index in [-0.39, 0.29) is 12.0 Å². The quantitative estimate of drug-likeness (QED) is 0.851. The lowest BCUT2D eigenvalue weighted by Crippen LogP contribution is -2.30. The van der Waals surface area contributed by atoms with Crippen LogP contribution in [0.1, 0.15) is 32.6 Å².